The molecule has 0 atom stereocenters. The van der Waals surface area contributed by atoms with Gasteiger partial charge in [-0.25, -0.2) is 13.4 Å². The van der Waals surface area contributed by atoms with E-state index in [9.17, 15) is 13.2 Å². The maximum absolute atomic E-state index is 13.0. The number of nitrogens with one attached hydrogen (secondary N) is 2. The predicted octanol–water partition coefficient (Wildman–Crippen LogP) is 4.73. The molecule has 2 N–H and O–H groups in total. The van der Waals surface area contributed by atoms with Crippen molar-refractivity contribution in [1.82, 2.24) is 9.29 Å². The Morgan fingerprint density at radius 1 is 1.03 bits per heavy atom. The summed E-state index contributed by atoms with van der Waals surface area (Å²) < 4.78 is 27.6. The highest BCUT2D eigenvalue weighted by Gasteiger charge is 2.25. The van der Waals surface area contributed by atoms with Gasteiger partial charge in [0.05, 0.1) is 22.1 Å². The van der Waals surface area contributed by atoms with Crippen LogP contribution < -0.4 is 10.6 Å². The smallest absolute Gasteiger partial charge is 0.243 e. The number of sulfonamides is 1. The van der Waals surface area contributed by atoms with E-state index in [0.717, 1.165) is 41.9 Å². The third kappa shape index (κ3) is 5.98. The summed E-state index contributed by atoms with van der Waals surface area (Å²) in [5.74, 6) is -0.220. The number of aryl methyl sites for hydroxylation is 1. The number of carbonyl (C=O) groups is 1. The Kier molecular flexibility index (Phi) is 7.42. The highest BCUT2D eigenvalue weighted by atomic mass is 32.2. The summed E-state index contributed by atoms with van der Waals surface area (Å²) in [5.41, 5.74) is 3.10. The van der Waals surface area contributed by atoms with Crippen molar-refractivity contribution in [2.24, 2.45) is 0 Å². The molecular weight excluding hydrogens is 456 g/mol. The number of benzene rings is 2. The van der Waals surface area contributed by atoms with Gasteiger partial charge >= 0.3 is 0 Å². The lowest BCUT2D eigenvalue weighted by Crippen LogP contribution is -2.32. The summed E-state index contributed by atoms with van der Waals surface area (Å²) in [6.07, 6.45) is 3.91. The Bertz CT molecular complexity index is 1220. The van der Waals surface area contributed by atoms with E-state index in [1.165, 1.54) is 0 Å². The molecule has 0 bridgehead atoms. The number of aromatic nitrogens is 1. The summed E-state index contributed by atoms with van der Waals surface area (Å²) in [6, 6.07) is 14.2. The van der Waals surface area contributed by atoms with Crippen molar-refractivity contribution in [3.63, 3.8) is 0 Å². The van der Waals surface area contributed by atoms with E-state index in [0.29, 0.717) is 24.5 Å². The molecule has 174 valence electrons. The van der Waals surface area contributed by atoms with Crippen molar-refractivity contribution in [1.29, 1.82) is 0 Å². The first-order valence-corrected chi connectivity index (χ1v) is 13.4. The second-order valence-corrected chi connectivity index (χ2v) is 11.1. The maximum atomic E-state index is 13.0. The average molecular weight is 485 g/mol. The normalized spacial score (nSPS) is 15.1. The van der Waals surface area contributed by atoms with Crippen LogP contribution in [0.3, 0.4) is 0 Å². The van der Waals surface area contributed by atoms with Gasteiger partial charge < -0.3 is 10.6 Å². The van der Waals surface area contributed by atoms with Crippen molar-refractivity contribution in [2.45, 2.75) is 37.5 Å². The van der Waals surface area contributed by atoms with Gasteiger partial charge in [-0.05, 0) is 50.1 Å². The summed E-state index contributed by atoms with van der Waals surface area (Å²) in [6.45, 7) is 3.09. The van der Waals surface area contributed by atoms with Gasteiger partial charge in [0.2, 0.25) is 15.9 Å². The number of anilines is 2. The van der Waals surface area contributed by atoms with Crippen molar-refractivity contribution in [2.75, 3.05) is 30.3 Å². The zero-order chi connectivity index (χ0) is 23.3. The molecule has 4 rings (SSSR count). The number of rotatable bonds is 7. The van der Waals surface area contributed by atoms with Crippen LogP contribution in [0.15, 0.2) is 58.8 Å². The maximum Gasteiger partial charge on any atom is 0.243 e. The SMILES string of the molecule is Cc1nc(-c2cccc(NC(=O)CNc3cccc(S(=O)(=O)N4CCCCCC4)c3)c2)cs1. The van der Waals surface area contributed by atoms with E-state index in [-0.39, 0.29) is 17.3 Å². The van der Waals surface area contributed by atoms with Crippen LogP contribution in [-0.4, -0.2) is 43.2 Å². The molecule has 1 amide bonds. The van der Waals surface area contributed by atoms with E-state index < -0.39 is 10.0 Å². The number of thiazole rings is 1. The second-order valence-electron chi connectivity index (χ2n) is 8.08. The molecule has 1 fully saturated rings. The Balaban J connectivity index is 1.38. The standard InChI is InChI=1S/C24H28N4O3S2/c1-18-26-23(17-32-18)19-8-6-10-21(14-19)27-24(29)16-25-20-9-7-11-22(15-20)33(30,31)28-12-4-2-3-5-13-28/h6-11,14-15,17,25H,2-5,12-13,16H2,1H3,(H,27,29). The number of carbonyl (C=O) groups excluding carboxylic acids is 1. The molecule has 3 aromatic rings. The number of hydrogen-bond donors (Lipinski definition) is 2. The highest BCUT2D eigenvalue weighted by molar-refractivity contribution is 7.89. The summed E-state index contributed by atoms with van der Waals surface area (Å²) in [4.78, 5) is 17.2. The van der Waals surface area contributed by atoms with Crippen LogP contribution >= 0.6 is 11.3 Å². The zero-order valence-electron chi connectivity index (χ0n) is 18.6. The van der Waals surface area contributed by atoms with E-state index in [4.69, 9.17) is 0 Å². The van der Waals surface area contributed by atoms with Gasteiger partial charge in [0.1, 0.15) is 0 Å². The van der Waals surface area contributed by atoms with Crippen LogP contribution in [0.1, 0.15) is 30.7 Å². The zero-order valence-corrected chi connectivity index (χ0v) is 20.2. The Morgan fingerprint density at radius 2 is 1.76 bits per heavy atom. The molecule has 1 aromatic heterocycles. The summed E-state index contributed by atoms with van der Waals surface area (Å²) in [7, 11) is -3.54. The van der Waals surface area contributed by atoms with E-state index in [1.54, 1.807) is 39.9 Å². The molecule has 0 saturated carbocycles. The lowest BCUT2D eigenvalue weighted by atomic mass is 10.1. The quantitative estimate of drug-likeness (QED) is 0.506. The van der Waals surface area contributed by atoms with Gasteiger partial charge in [0, 0.05) is 35.4 Å². The van der Waals surface area contributed by atoms with Crippen LogP contribution in [0.25, 0.3) is 11.3 Å². The van der Waals surface area contributed by atoms with Crippen LogP contribution in [0.5, 0.6) is 0 Å². The van der Waals surface area contributed by atoms with Gasteiger partial charge in [0.25, 0.3) is 0 Å². The molecule has 7 nitrogen and oxygen atoms in total. The number of nitrogens with zero attached hydrogens (tertiary/aromatic N) is 2. The topological polar surface area (TPSA) is 91.4 Å². The van der Waals surface area contributed by atoms with Crippen molar-refractivity contribution < 1.29 is 13.2 Å². The number of hydrogen-bond acceptors (Lipinski definition) is 6. The van der Waals surface area contributed by atoms with Crippen LogP contribution in [-0.2, 0) is 14.8 Å². The second kappa shape index (κ2) is 10.5. The van der Waals surface area contributed by atoms with E-state index >= 15 is 0 Å². The molecule has 1 aliphatic heterocycles. The van der Waals surface area contributed by atoms with E-state index in [1.807, 2.05) is 36.6 Å². The molecule has 1 aliphatic rings. The van der Waals surface area contributed by atoms with Crippen molar-refractivity contribution in [3.8, 4) is 11.3 Å². The van der Waals surface area contributed by atoms with Crippen LogP contribution in [0.4, 0.5) is 11.4 Å². The summed E-state index contributed by atoms with van der Waals surface area (Å²) in [5, 5.41) is 8.90. The fourth-order valence-electron chi connectivity index (χ4n) is 3.84. The highest BCUT2D eigenvalue weighted by Crippen LogP contribution is 2.25. The minimum absolute atomic E-state index is 0.0211. The minimum atomic E-state index is -3.54. The molecule has 0 radical (unpaired) electrons. The molecule has 0 spiro atoms. The predicted molar refractivity (Wildman–Crippen MR) is 133 cm³/mol. The Morgan fingerprint density at radius 3 is 2.48 bits per heavy atom. The van der Waals surface area contributed by atoms with Gasteiger partial charge in [-0.2, -0.15) is 4.31 Å². The molecule has 33 heavy (non-hydrogen) atoms. The third-order valence-corrected chi connectivity index (χ3v) is 8.22. The Labute approximate surface area is 198 Å². The van der Waals surface area contributed by atoms with Crippen molar-refractivity contribution >= 4 is 38.6 Å². The van der Waals surface area contributed by atoms with Crippen molar-refractivity contribution in [3.05, 3.63) is 58.9 Å². The van der Waals surface area contributed by atoms with E-state index in [2.05, 4.69) is 15.6 Å². The molecule has 9 heteroatoms. The first-order chi connectivity index (χ1) is 15.9. The lowest BCUT2D eigenvalue weighted by Gasteiger charge is -2.20. The molecule has 1 saturated heterocycles. The molecule has 0 aliphatic carbocycles. The molecule has 0 unspecified atom stereocenters. The minimum Gasteiger partial charge on any atom is -0.376 e. The van der Waals surface area contributed by atoms with Gasteiger partial charge in [-0.15, -0.1) is 11.3 Å². The molecule has 2 heterocycles. The Hall–Kier alpha value is -2.75. The van der Waals surface area contributed by atoms with Gasteiger partial charge in [-0.3, -0.25) is 4.79 Å². The largest absolute Gasteiger partial charge is 0.376 e. The summed E-state index contributed by atoms with van der Waals surface area (Å²) >= 11 is 1.58. The fraction of sp³-hybridized carbons (Fsp3) is 0.333. The van der Waals surface area contributed by atoms with Gasteiger partial charge in [0.15, 0.2) is 0 Å². The number of amides is 1. The monoisotopic (exact) mass is 484 g/mol. The van der Waals surface area contributed by atoms with Gasteiger partial charge in [-0.1, -0.05) is 31.0 Å². The first kappa shape index (κ1) is 23.4. The third-order valence-electron chi connectivity index (χ3n) is 5.55. The van der Waals surface area contributed by atoms with Crippen LogP contribution in [0, 0.1) is 6.92 Å². The van der Waals surface area contributed by atoms with Crippen LogP contribution in [0.2, 0.25) is 0 Å². The first-order valence-electron chi connectivity index (χ1n) is 11.1. The average Bonchev–Trinajstić information content (AvgIpc) is 3.06. The molecular formula is C24H28N4O3S2. The fourth-order valence-corrected chi connectivity index (χ4v) is 6.02. The molecule has 2 aromatic carbocycles. The lowest BCUT2D eigenvalue weighted by molar-refractivity contribution is -0.114.